The number of halogens is 2. The summed E-state index contributed by atoms with van der Waals surface area (Å²) in [4.78, 5) is 22.6. The van der Waals surface area contributed by atoms with E-state index in [-0.39, 0.29) is 5.91 Å². The molecule has 0 fully saturated rings. The van der Waals surface area contributed by atoms with Crippen LogP contribution in [0.5, 0.6) is 0 Å². The van der Waals surface area contributed by atoms with Crippen molar-refractivity contribution in [3.63, 3.8) is 0 Å². The van der Waals surface area contributed by atoms with Crippen LogP contribution in [0.3, 0.4) is 0 Å². The Morgan fingerprint density at radius 2 is 2.17 bits per heavy atom. The van der Waals surface area contributed by atoms with Crippen molar-refractivity contribution >= 4 is 39.4 Å². The van der Waals surface area contributed by atoms with Crippen LogP contribution < -0.4 is 5.32 Å². The Morgan fingerprint density at radius 3 is 2.72 bits per heavy atom. The molecule has 4 nitrogen and oxygen atoms in total. The lowest BCUT2D eigenvalue weighted by atomic mass is 10.1. The second kappa shape index (κ2) is 6.75. The number of nitrogens with one attached hydrogen (secondary N) is 1. The third kappa shape index (κ3) is 4.31. The highest BCUT2D eigenvalue weighted by Crippen LogP contribution is 2.22. The molecule has 1 aromatic carbocycles. The number of ether oxygens (including phenoxy) is 1. The maximum Gasteiger partial charge on any atom is 0.328 e. The van der Waals surface area contributed by atoms with Gasteiger partial charge >= 0.3 is 5.97 Å². The molecule has 0 bridgehead atoms. The maximum absolute atomic E-state index is 11.6. The smallest absolute Gasteiger partial charge is 0.328 e. The lowest BCUT2D eigenvalue weighted by molar-refractivity contribution is -0.144. The fraction of sp³-hybridized carbons (Fsp3) is 0.333. The van der Waals surface area contributed by atoms with Crippen molar-refractivity contribution in [2.75, 3.05) is 7.11 Å². The van der Waals surface area contributed by atoms with Gasteiger partial charge in [-0.1, -0.05) is 27.5 Å². The molecule has 0 radical (unpaired) electrons. The summed E-state index contributed by atoms with van der Waals surface area (Å²) in [5, 5.41) is 3.12. The highest BCUT2D eigenvalue weighted by Gasteiger charge is 2.21. The molecule has 0 aliphatic heterocycles. The van der Waals surface area contributed by atoms with Crippen LogP contribution in [0.1, 0.15) is 12.5 Å². The van der Waals surface area contributed by atoms with E-state index < -0.39 is 12.0 Å². The molecule has 6 heteroatoms. The highest BCUT2D eigenvalue weighted by molar-refractivity contribution is 9.10. The number of benzene rings is 1. The van der Waals surface area contributed by atoms with Gasteiger partial charge in [0.2, 0.25) is 5.91 Å². The molecule has 98 valence electrons. The van der Waals surface area contributed by atoms with Crippen LogP contribution in [0, 0.1) is 0 Å². The van der Waals surface area contributed by atoms with Crippen molar-refractivity contribution in [2.24, 2.45) is 0 Å². The van der Waals surface area contributed by atoms with Gasteiger partial charge in [0.05, 0.1) is 7.11 Å². The molecule has 0 heterocycles. The minimum absolute atomic E-state index is 0.288. The van der Waals surface area contributed by atoms with E-state index >= 15 is 0 Å². The van der Waals surface area contributed by atoms with Gasteiger partial charge in [-0.05, 0) is 23.8 Å². The second-order valence-corrected chi connectivity index (χ2v) is 5.01. The van der Waals surface area contributed by atoms with Crippen molar-refractivity contribution in [3.8, 4) is 0 Å². The van der Waals surface area contributed by atoms with E-state index in [1.54, 1.807) is 18.2 Å². The number of methoxy groups -OCH3 is 1. The van der Waals surface area contributed by atoms with Crippen molar-refractivity contribution in [2.45, 2.75) is 19.4 Å². The molecule has 0 unspecified atom stereocenters. The lowest BCUT2D eigenvalue weighted by Gasteiger charge is -2.16. The Morgan fingerprint density at radius 1 is 1.50 bits per heavy atom. The van der Waals surface area contributed by atoms with E-state index in [0.29, 0.717) is 11.4 Å². The summed E-state index contributed by atoms with van der Waals surface area (Å²) in [6.07, 6.45) is 0.313. The maximum atomic E-state index is 11.6. The molecule has 0 saturated carbocycles. The molecule has 1 rings (SSSR count). The Bertz CT molecular complexity index is 465. The summed E-state index contributed by atoms with van der Waals surface area (Å²) in [5.41, 5.74) is 0.826. The van der Waals surface area contributed by atoms with Gasteiger partial charge in [0, 0.05) is 22.8 Å². The molecule has 1 atom stereocenters. The number of hydrogen-bond donors (Lipinski definition) is 1. The van der Waals surface area contributed by atoms with E-state index in [1.165, 1.54) is 14.0 Å². The summed E-state index contributed by atoms with van der Waals surface area (Å²) >= 11 is 9.27. The average Bonchev–Trinajstić information content (AvgIpc) is 2.31. The van der Waals surface area contributed by atoms with Crippen molar-refractivity contribution in [1.82, 2.24) is 5.32 Å². The van der Waals surface area contributed by atoms with Crippen LogP contribution >= 0.6 is 27.5 Å². The molecular formula is C12H13BrClNO3. The molecule has 0 aliphatic carbocycles. The largest absolute Gasteiger partial charge is 0.467 e. The number of esters is 1. The molecule has 0 spiro atoms. The Labute approximate surface area is 119 Å². The summed E-state index contributed by atoms with van der Waals surface area (Å²) in [6, 6.07) is 4.55. The normalized spacial score (nSPS) is 11.8. The van der Waals surface area contributed by atoms with Gasteiger partial charge in [-0.2, -0.15) is 0 Å². The Kier molecular flexibility index (Phi) is 5.62. The molecule has 18 heavy (non-hydrogen) atoms. The predicted molar refractivity (Wildman–Crippen MR) is 72.5 cm³/mol. The fourth-order valence-corrected chi connectivity index (χ4v) is 2.10. The quantitative estimate of drug-likeness (QED) is 0.860. The first-order valence-electron chi connectivity index (χ1n) is 5.23. The molecule has 0 aliphatic rings. The first-order valence-corrected chi connectivity index (χ1v) is 6.40. The minimum atomic E-state index is -0.720. The molecule has 1 aromatic rings. The van der Waals surface area contributed by atoms with Crippen molar-refractivity contribution in [3.05, 3.63) is 33.3 Å². The van der Waals surface area contributed by atoms with Crippen LogP contribution in [0.4, 0.5) is 0 Å². The SMILES string of the molecule is COC(=O)[C@H](Cc1cc(Cl)ccc1Br)NC(C)=O. The monoisotopic (exact) mass is 333 g/mol. The highest BCUT2D eigenvalue weighted by atomic mass is 79.9. The van der Waals surface area contributed by atoms with Crippen LogP contribution in [0.2, 0.25) is 5.02 Å². The van der Waals surface area contributed by atoms with Crippen molar-refractivity contribution < 1.29 is 14.3 Å². The molecule has 1 amide bonds. The fourth-order valence-electron chi connectivity index (χ4n) is 1.50. The van der Waals surface area contributed by atoms with Gasteiger partial charge in [0.1, 0.15) is 6.04 Å². The summed E-state index contributed by atoms with van der Waals surface area (Å²) in [5.74, 6) is -0.777. The van der Waals surface area contributed by atoms with E-state index in [4.69, 9.17) is 11.6 Å². The second-order valence-electron chi connectivity index (χ2n) is 3.72. The number of rotatable bonds is 4. The topological polar surface area (TPSA) is 55.4 Å². The average molecular weight is 335 g/mol. The summed E-state index contributed by atoms with van der Waals surface area (Å²) in [7, 11) is 1.28. The zero-order chi connectivity index (χ0) is 13.7. The zero-order valence-electron chi connectivity index (χ0n) is 10.00. The first kappa shape index (κ1) is 15.0. The van der Waals surface area contributed by atoms with E-state index in [0.717, 1.165) is 10.0 Å². The Balaban J connectivity index is 2.91. The molecular weight excluding hydrogens is 321 g/mol. The zero-order valence-corrected chi connectivity index (χ0v) is 12.3. The summed E-state index contributed by atoms with van der Waals surface area (Å²) in [6.45, 7) is 1.35. The van der Waals surface area contributed by atoms with Gasteiger partial charge < -0.3 is 10.1 Å². The molecule has 0 aromatic heterocycles. The van der Waals surface area contributed by atoms with Crippen LogP contribution in [0.15, 0.2) is 22.7 Å². The Hall–Kier alpha value is -1.07. The third-order valence-electron chi connectivity index (χ3n) is 2.29. The lowest BCUT2D eigenvalue weighted by Crippen LogP contribution is -2.42. The number of carbonyl (C=O) groups is 2. The first-order chi connectivity index (χ1) is 8.43. The van der Waals surface area contributed by atoms with Gasteiger partial charge in [-0.25, -0.2) is 4.79 Å². The van der Waals surface area contributed by atoms with E-state index in [9.17, 15) is 9.59 Å². The van der Waals surface area contributed by atoms with Crippen LogP contribution in [-0.2, 0) is 20.7 Å². The third-order valence-corrected chi connectivity index (χ3v) is 3.30. The van der Waals surface area contributed by atoms with Gasteiger partial charge in [-0.15, -0.1) is 0 Å². The van der Waals surface area contributed by atoms with Crippen molar-refractivity contribution in [1.29, 1.82) is 0 Å². The van der Waals surface area contributed by atoms with Gasteiger partial charge in [-0.3, -0.25) is 4.79 Å². The minimum Gasteiger partial charge on any atom is -0.467 e. The number of amides is 1. The standard InChI is InChI=1S/C12H13BrClNO3/c1-7(16)15-11(12(17)18-2)6-8-5-9(14)3-4-10(8)13/h3-5,11H,6H2,1-2H3,(H,15,16)/t11-/m0/s1. The predicted octanol–water partition coefficient (Wildman–Crippen LogP) is 2.32. The van der Waals surface area contributed by atoms with E-state index in [1.807, 2.05) is 0 Å². The van der Waals surface area contributed by atoms with Crippen LogP contribution in [-0.4, -0.2) is 25.0 Å². The number of carbonyl (C=O) groups excluding carboxylic acids is 2. The number of hydrogen-bond acceptors (Lipinski definition) is 3. The molecule has 1 N–H and O–H groups in total. The van der Waals surface area contributed by atoms with Gasteiger partial charge in [0.25, 0.3) is 0 Å². The van der Waals surface area contributed by atoms with Crippen LogP contribution in [0.25, 0.3) is 0 Å². The van der Waals surface area contributed by atoms with Gasteiger partial charge in [0.15, 0.2) is 0 Å². The van der Waals surface area contributed by atoms with E-state index in [2.05, 4.69) is 26.0 Å². The molecule has 0 saturated heterocycles. The summed E-state index contributed by atoms with van der Waals surface area (Å²) < 4.78 is 5.48.